The fourth-order valence-electron chi connectivity index (χ4n) is 2.84. The van der Waals surface area contributed by atoms with Crippen LogP contribution >= 0.6 is 11.3 Å². The third kappa shape index (κ3) is 3.74. The predicted molar refractivity (Wildman–Crippen MR) is 83.7 cm³/mol. The lowest BCUT2D eigenvalue weighted by molar-refractivity contribution is -0.134. The minimum Gasteiger partial charge on any atom is -0.393 e. The molecule has 118 valence electrons. The van der Waals surface area contributed by atoms with Crippen molar-refractivity contribution in [1.29, 1.82) is 0 Å². The van der Waals surface area contributed by atoms with Gasteiger partial charge in [-0.3, -0.25) is 9.59 Å². The van der Waals surface area contributed by atoms with Gasteiger partial charge in [-0.2, -0.15) is 0 Å². The Hall–Kier alpha value is -1.14. The molecule has 21 heavy (non-hydrogen) atoms. The number of aliphatic hydroxyl groups excluding tert-OH is 1. The summed E-state index contributed by atoms with van der Waals surface area (Å²) in [6, 6.07) is 0. The van der Waals surface area contributed by atoms with Crippen LogP contribution < -0.4 is 4.87 Å². The maximum absolute atomic E-state index is 12.3. The number of amides is 1. The zero-order chi connectivity index (χ0) is 15.6. The van der Waals surface area contributed by atoms with Crippen molar-refractivity contribution in [1.82, 2.24) is 9.47 Å². The van der Waals surface area contributed by atoms with E-state index in [1.165, 1.54) is 11.3 Å². The molecule has 1 amide bonds. The van der Waals surface area contributed by atoms with Crippen molar-refractivity contribution >= 4 is 17.2 Å². The highest BCUT2D eigenvalue weighted by molar-refractivity contribution is 7.09. The van der Waals surface area contributed by atoms with Crippen LogP contribution in [0.25, 0.3) is 0 Å². The first-order valence-corrected chi connectivity index (χ1v) is 8.34. The number of likely N-dealkylation sites (tertiary alicyclic amines) is 1. The predicted octanol–water partition coefficient (Wildman–Crippen LogP) is 1.54. The van der Waals surface area contributed by atoms with E-state index in [1.54, 1.807) is 11.5 Å². The van der Waals surface area contributed by atoms with Gasteiger partial charge in [0.05, 0.1) is 6.10 Å². The van der Waals surface area contributed by atoms with E-state index in [1.807, 2.05) is 18.7 Å². The molecule has 2 heterocycles. The van der Waals surface area contributed by atoms with E-state index in [9.17, 15) is 14.7 Å². The summed E-state index contributed by atoms with van der Waals surface area (Å²) in [4.78, 5) is 27.0. The van der Waals surface area contributed by atoms with Crippen molar-refractivity contribution in [3.8, 4) is 0 Å². The number of rotatable bonds is 4. The Bertz CT molecular complexity index is 562. The van der Waals surface area contributed by atoms with Crippen LogP contribution in [-0.2, 0) is 11.3 Å². The molecule has 1 saturated heterocycles. The average molecular weight is 312 g/mol. The summed E-state index contributed by atoms with van der Waals surface area (Å²) < 4.78 is 1.69. The molecular formula is C15H24N2O3S. The van der Waals surface area contributed by atoms with E-state index in [4.69, 9.17) is 0 Å². The smallest absolute Gasteiger partial charge is 0.307 e. The number of piperidine rings is 1. The van der Waals surface area contributed by atoms with Gasteiger partial charge in [0, 0.05) is 42.5 Å². The van der Waals surface area contributed by atoms with E-state index in [0.717, 1.165) is 30.0 Å². The van der Waals surface area contributed by atoms with Gasteiger partial charge in [-0.1, -0.05) is 11.3 Å². The zero-order valence-corrected chi connectivity index (χ0v) is 13.8. The van der Waals surface area contributed by atoms with Crippen LogP contribution in [0.3, 0.4) is 0 Å². The Balaban J connectivity index is 1.94. The number of aliphatic hydroxyl groups is 1. The zero-order valence-electron chi connectivity index (χ0n) is 13.0. The number of hydrogen-bond donors (Lipinski definition) is 1. The lowest BCUT2D eigenvalue weighted by atomic mass is 9.93. The lowest BCUT2D eigenvalue weighted by Crippen LogP contribution is -2.43. The van der Waals surface area contributed by atoms with E-state index in [0.29, 0.717) is 19.5 Å². The molecule has 6 heteroatoms. The van der Waals surface area contributed by atoms with Crippen LogP contribution in [0, 0.1) is 19.8 Å². The van der Waals surface area contributed by atoms with Crippen LogP contribution in [0.1, 0.15) is 36.8 Å². The van der Waals surface area contributed by atoms with Gasteiger partial charge in [0.2, 0.25) is 5.91 Å². The topological polar surface area (TPSA) is 62.5 Å². The first-order valence-electron chi connectivity index (χ1n) is 7.52. The molecule has 2 unspecified atom stereocenters. The van der Waals surface area contributed by atoms with Crippen molar-refractivity contribution in [2.75, 3.05) is 13.1 Å². The Morgan fingerprint density at radius 3 is 2.76 bits per heavy atom. The summed E-state index contributed by atoms with van der Waals surface area (Å²) in [6.45, 7) is 7.48. The minimum atomic E-state index is -0.370. The van der Waals surface area contributed by atoms with E-state index < -0.39 is 0 Å². The highest BCUT2D eigenvalue weighted by Crippen LogP contribution is 2.20. The summed E-state index contributed by atoms with van der Waals surface area (Å²) in [5.74, 6) is 0.256. The molecule has 0 aliphatic carbocycles. The standard InChI is InChI=1S/C15H24N2O3S/c1-10-12(3)21-15(20)17(10)8-6-14(19)16-7-4-5-13(9-16)11(2)18/h11,13,18H,4-9H2,1-3H3. The van der Waals surface area contributed by atoms with E-state index >= 15 is 0 Å². The van der Waals surface area contributed by atoms with Gasteiger partial charge in [0.25, 0.3) is 0 Å². The van der Waals surface area contributed by atoms with Crippen molar-refractivity contribution < 1.29 is 9.90 Å². The number of carbonyl (C=O) groups is 1. The molecule has 5 nitrogen and oxygen atoms in total. The summed E-state index contributed by atoms with van der Waals surface area (Å²) >= 11 is 1.24. The first kappa shape index (κ1) is 16.2. The van der Waals surface area contributed by atoms with Crippen molar-refractivity contribution in [3.05, 3.63) is 20.2 Å². The maximum Gasteiger partial charge on any atom is 0.307 e. The summed E-state index contributed by atoms with van der Waals surface area (Å²) in [5, 5.41) is 9.68. The highest BCUT2D eigenvalue weighted by atomic mass is 32.1. The van der Waals surface area contributed by atoms with Gasteiger partial charge in [0.15, 0.2) is 0 Å². The molecule has 2 atom stereocenters. The number of hydrogen-bond acceptors (Lipinski definition) is 4. The van der Waals surface area contributed by atoms with E-state index in [-0.39, 0.29) is 22.8 Å². The molecule has 1 aromatic rings. The number of nitrogens with zero attached hydrogens (tertiary/aromatic N) is 2. The fraction of sp³-hybridized carbons (Fsp3) is 0.733. The maximum atomic E-state index is 12.3. The Morgan fingerprint density at radius 1 is 1.48 bits per heavy atom. The molecule has 2 rings (SSSR count). The van der Waals surface area contributed by atoms with Crippen LogP contribution in [-0.4, -0.2) is 39.7 Å². The van der Waals surface area contributed by atoms with Gasteiger partial charge in [-0.25, -0.2) is 0 Å². The van der Waals surface area contributed by atoms with Crippen molar-refractivity contribution in [2.45, 2.75) is 52.7 Å². The van der Waals surface area contributed by atoms with Gasteiger partial charge in [0.1, 0.15) is 0 Å². The lowest BCUT2D eigenvalue weighted by Gasteiger charge is -2.34. The van der Waals surface area contributed by atoms with Gasteiger partial charge < -0.3 is 14.6 Å². The minimum absolute atomic E-state index is 0.0123. The van der Waals surface area contributed by atoms with Gasteiger partial charge in [-0.05, 0) is 33.6 Å². The molecule has 0 aromatic carbocycles. The second-order valence-electron chi connectivity index (χ2n) is 5.89. The molecule has 1 aliphatic rings. The molecule has 0 spiro atoms. The fourth-order valence-corrected chi connectivity index (χ4v) is 3.70. The van der Waals surface area contributed by atoms with Crippen LogP contribution in [0.15, 0.2) is 4.79 Å². The van der Waals surface area contributed by atoms with Crippen LogP contribution in [0.5, 0.6) is 0 Å². The summed E-state index contributed by atoms with van der Waals surface area (Å²) in [7, 11) is 0. The molecule has 1 aromatic heterocycles. The normalized spacial score (nSPS) is 20.6. The third-order valence-electron chi connectivity index (χ3n) is 4.42. The third-order valence-corrected chi connectivity index (χ3v) is 5.41. The van der Waals surface area contributed by atoms with E-state index in [2.05, 4.69) is 0 Å². The number of aromatic nitrogens is 1. The van der Waals surface area contributed by atoms with Crippen LogP contribution in [0.2, 0.25) is 0 Å². The quantitative estimate of drug-likeness (QED) is 0.917. The average Bonchev–Trinajstić information content (AvgIpc) is 2.70. The van der Waals surface area contributed by atoms with Gasteiger partial charge in [-0.15, -0.1) is 0 Å². The molecule has 1 N–H and O–H groups in total. The molecular weight excluding hydrogens is 288 g/mol. The van der Waals surface area contributed by atoms with Crippen molar-refractivity contribution in [3.63, 3.8) is 0 Å². The molecule has 0 radical (unpaired) electrons. The summed E-state index contributed by atoms with van der Waals surface area (Å²) in [5.41, 5.74) is 0.957. The Morgan fingerprint density at radius 2 is 2.19 bits per heavy atom. The number of aryl methyl sites for hydroxylation is 1. The van der Waals surface area contributed by atoms with Crippen LogP contribution in [0.4, 0.5) is 0 Å². The monoisotopic (exact) mass is 312 g/mol. The molecule has 0 bridgehead atoms. The SMILES string of the molecule is Cc1sc(=O)n(CCC(=O)N2CCCC(C(C)O)C2)c1C. The number of carbonyl (C=O) groups excluding carboxylic acids is 1. The Kier molecular flexibility index (Phi) is 5.22. The molecule has 1 fully saturated rings. The largest absolute Gasteiger partial charge is 0.393 e. The first-order chi connectivity index (χ1) is 9.90. The second-order valence-corrected chi connectivity index (χ2v) is 7.06. The molecule has 0 saturated carbocycles. The van der Waals surface area contributed by atoms with Gasteiger partial charge >= 0.3 is 4.87 Å². The second kappa shape index (κ2) is 6.75. The highest BCUT2D eigenvalue weighted by Gasteiger charge is 2.26. The van der Waals surface area contributed by atoms with Crippen molar-refractivity contribution in [2.24, 2.45) is 5.92 Å². The summed E-state index contributed by atoms with van der Waals surface area (Å²) in [6.07, 6.45) is 1.90. The number of thiazole rings is 1. The molecule has 1 aliphatic heterocycles. The Labute approximate surface area is 129 Å².